The number of benzene rings is 1. The number of nitrogens with zero attached hydrogens (tertiary/aromatic N) is 3. The number of rotatable bonds is 7. The van der Waals surface area contributed by atoms with Crippen LogP contribution in [0.4, 0.5) is 10.2 Å². The molecule has 146 valence electrons. The first kappa shape index (κ1) is 20.2. The summed E-state index contributed by atoms with van der Waals surface area (Å²) in [6.45, 7) is 3.21. The van der Waals surface area contributed by atoms with Gasteiger partial charge in [0.1, 0.15) is 24.5 Å². The molecule has 29 heavy (non-hydrogen) atoms. The van der Waals surface area contributed by atoms with E-state index in [1.165, 1.54) is 18.5 Å². The zero-order valence-electron chi connectivity index (χ0n) is 15.1. The molecular formula is C21H16ClFN4O2. The van der Waals surface area contributed by atoms with Crippen molar-refractivity contribution in [2.45, 2.75) is 0 Å². The Hall–Kier alpha value is -3.58. The molecule has 2 heterocycles. The van der Waals surface area contributed by atoms with Crippen LogP contribution in [0.15, 0.2) is 72.9 Å². The molecule has 0 atom stereocenters. The first-order valence-electron chi connectivity index (χ1n) is 8.50. The van der Waals surface area contributed by atoms with E-state index in [-0.39, 0.29) is 12.1 Å². The lowest BCUT2D eigenvalue weighted by Gasteiger charge is -2.12. The summed E-state index contributed by atoms with van der Waals surface area (Å²) in [6.07, 6.45) is 5.43. The fourth-order valence-corrected chi connectivity index (χ4v) is 2.99. The predicted octanol–water partition coefficient (Wildman–Crippen LogP) is 4.81. The number of carboxylic acid groups (broad SMARTS) is 1. The van der Waals surface area contributed by atoms with E-state index in [2.05, 4.69) is 26.8 Å². The highest BCUT2D eigenvalue weighted by molar-refractivity contribution is 6.29. The summed E-state index contributed by atoms with van der Waals surface area (Å²) >= 11 is 5.88. The molecule has 2 N–H and O–H groups in total. The molecule has 2 aromatic heterocycles. The van der Waals surface area contributed by atoms with Crippen molar-refractivity contribution in [1.82, 2.24) is 15.0 Å². The summed E-state index contributed by atoms with van der Waals surface area (Å²) in [7, 11) is 0. The quantitative estimate of drug-likeness (QED) is 0.543. The van der Waals surface area contributed by atoms with E-state index in [9.17, 15) is 9.18 Å². The molecule has 6 nitrogen and oxygen atoms in total. The van der Waals surface area contributed by atoms with Crippen molar-refractivity contribution < 1.29 is 14.3 Å². The second-order valence-electron chi connectivity index (χ2n) is 5.87. The van der Waals surface area contributed by atoms with Crippen LogP contribution in [0.3, 0.4) is 0 Å². The molecule has 0 saturated carbocycles. The van der Waals surface area contributed by atoms with E-state index in [0.717, 1.165) is 11.1 Å². The molecule has 1 aromatic carbocycles. The lowest BCUT2D eigenvalue weighted by Crippen LogP contribution is -2.13. The molecule has 0 aliphatic rings. The summed E-state index contributed by atoms with van der Waals surface area (Å²) in [5.74, 6) is -1.19. The highest BCUT2D eigenvalue weighted by Crippen LogP contribution is 2.34. The second kappa shape index (κ2) is 9.07. The van der Waals surface area contributed by atoms with E-state index in [1.807, 2.05) is 6.07 Å². The Kier molecular flexibility index (Phi) is 6.31. The van der Waals surface area contributed by atoms with Crippen LogP contribution in [-0.2, 0) is 4.79 Å². The van der Waals surface area contributed by atoms with E-state index < -0.39 is 11.8 Å². The highest BCUT2D eigenvalue weighted by atomic mass is 35.5. The van der Waals surface area contributed by atoms with Gasteiger partial charge in [-0.15, -0.1) is 0 Å². The minimum atomic E-state index is -1.01. The SMILES string of the molecule is C=C/C=C(F)\C(=C/Cl)c1ncccc1-c1ccc2ncnc(NCC(=O)O)c2c1. The maximum atomic E-state index is 14.5. The van der Waals surface area contributed by atoms with Gasteiger partial charge >= 0.3 is 5.97 Å². The maximum Gasteiger partial charge on any atom is 0.322 e. The Morgan fingerprint density at radius 2 is 2.10 bits per heavy atom. The van der Waals surface area contributed by atoms with Crippen molar-refractivity contribution in [2.24, 2.45) is 0 Å². The van der Waals surface area contributed by atoms with Gasteiger partial charge in [0, 0.05) is 28.3 Å². The number of halogens is 2. The van der Waals surface area contributed by atoms with Gasteiger partial charge in [-0.25, -0.2) is 14.4 Å². The standard InChI is InChI=1S/C21H16ClFN4O2/c1-2-4-17(23)16(10-22)20-14(5-3-8-24-20)13-6-7-18-15(9-13)21(27-12-26-18)25-11-19(28)29/h2-10,12H,1,11H2,(H,28,29)(H,25,26,27)/b16-10+,17-4+. The Morgan fingerprint density at radius 1 is 1.28 bits per heavy atom. The first-order valence-corrected chi connectivity index (χ1v) is 8.94. The summed E-state index contributed by atoms with van der Waals surface area (Å²) < 4.78 is 14.5. The summed E-state index contributed by atoms with van der Waals surface area (Å²) in [4.78, 5) is 23.5. The van der Waals surface area contributed by atoms with Gasteiger partial charge in [-0.3, -0.25) is 9.78 Å². The van der Waals surface area contributed by atoms with Gasteiger partial charge in [-0.2, -0.15) is 0 Å². The van der Waals surface area contributed by atoms with Crippen molar-refractivity contribution in [3.63, 3.8) is 0 Å². The number of aliphatic carboxylic acids is 1. The monoisotopic (exact) mass is 410 g/mol. The summed E-state index contributed by atoms with van der Waals surface area (Å²) in [6, 6.07) is 8.90. The third-order valence-corrected chi connectivity index (χ3v) is 4.27. The smallest absolute Gasteiger partial charge is 0.322 e. The average molecular weight is 411 g/mol. The Labute approximate surface area is 171 Å². The molecule has 0 aliphatic heterocycles. The highest BCUT2D eigenvalue weighted by Gasteiger charge is 2.16. The third kappa shape index (κ3) is 4.47. The topological polar surface area (TPSA) is 88.0 Å². The van der Waals surface area contributed by atoms with Gasteiger partial charge in [0.25, 0.3) is 0 Å². The predicted molar refractivity (Wildman–Crippen MR) is 112 cm³/mol. The number of aromatic nitrogens is 3. The van der Waals surface area contributed by atoms with Crippen LogP contribution >= 0.6 is 11.6 Å². The zero-order chi connectivity index (χ0) is 20.8. The molecule has 0 bridgehead atoms. The van der Waals surface area contributed by atoms with Crippen LogP contribution in [-0.4, -0.2) is 32.6 Å². The van der Waals surface area contributed by atoms with E-state index in [4.69, 9.17) is 16.7 Å². The molecule has 0 saturated heterocycles. The normalized spacial score (nSPS) is 12.1. The molecule has 8 heteroatoms. The minimum absolute atomic E-state index is 0.121. The first-order chi connectivity index (χ1) is 14.0. The fraction of sp³-hybridized carbons (Fsp3) is 0.0476. The fourth-order valence-electron chi connectivity index (χ4n) is 2.79. The molecule has 0 amide bonds. The number of hydrogen-bond acceptors (Lipinski definition) is 5. The lowest BCUT2D eigenvalue weighted by atomic mass is 9.98. The second-order valence-corrected chi connectivity index (χ2v) is 6.09. The van der Waals surface area contributed by atoms with Crippen LogP contribution in [0.25, 0.3) is 27.6 Å². The van der Waals surface area contributed by atoms with Crippen LogP contribution in [0.1, 0.15) is 5.69 Å². The number of allylic oxidation sites excluding steroid dienone is 4. The van der Waals surface area contributed by atoms with Gasteiger partial charge in [0.2, 0.25) is 0 Å². The van der Waals surface area contributed by atoms with Crippen LogP contribution in [0.2, 0.25) is 0 Å². The number of fused-ring (bicyclic) bond motifs is 1. The third-order valence-electron chi connectivity index (χ3n) is 4.05. The largest absolute Gasteiger partial charge is 0.480 e. The van der Waals surface area contributed by atoms with E-state index in [1.54, 1.807) is 30.5 Å². The number of carbonyl (C=O) groups is 1. The number of nitrogens with one attached hydrogen (secondary N) is 1. The molecule has 0 unspecified atom stereocenters. The molecule has 0 spiro atoms. The Bertz CT molecular complexity index is 1140. The van der Waals surface area contributed by atoms with Gasteiger partial charge in [0.15, 0.2) is 0 Å². The number of anilines is 1. The molecular weight excluding hydrogens is 395 g/mol. The van der Waals surface area contributed by atoms with Gasteiger partial charge in [0.05, 0.1) is 11.2 Å². The van der Waals surface area contributed by atoms with Crippen LogP contribution in [0.5, 0.6) is 0 Å². The Balaban J connectivity index is 2.15. The van der Waals surface area contributed by atoms with Crippen molar-refractivity contribution >= 4 is 39.9 Å². The molecule has 3 aromatic rings. The van der Waals surface area contributed by atoms with Gasteiger partial charge in [-0.1, -0.05) is 36.4 Å². The molecule has 0 aliphatic carbocycles. The van der Waals surface area contributed by atoms with Crippen LogP contribution in [0, 0.1) is 0 Å². The van der Waals surface area contributed by atoms with Crippen molar-refractivity contribution in [1.29, 1.82) is 0 Å². The average Bonchev–Trinajstić information content (AvgIpc) is 2.73. The molecule has 0 radical (unpaired) electrons. The number of hydrogen-bond donors (Lipinski definition) is 2. The minimum Gasteiger partial charge on any atom is -0.480 e. The van der Waals surface area contributed by atoms with Crippen LogP contribution < -0.4 is 5.32 Å². The van der Waals surface area contributed by atoms with Crippen molar-refractivity contribution in [3.8, 4) is 11.1 Å². The van der Waals surface area contributed by atoms with Gasteiger partial charge in [-0.05, 0) is 29.8 Å². The summed E-state index contributed by atoms with van der Waals surface area (Å²) in [5, 5.41) is 12.3. The summed E-state index contributed by atoms with van der Waals surface area (Å²) in [5.41, 5.74) is 3.60. The number of carboxylic acids is 1. The van der Waals surface area contributed by atoms with Crippen molar-refractivity contribution in [2.75, 3.05) is 11.9 Å². The molecule has 0 fully saturated rings. The maximum absolute atomic E-state index is 14.5. The molecule has 3 rings (SSSR count). The number of pyridine rings is 1. The van der Waals surface area contributed by atoms with Gasteiger partial charge < -0.3 is 10.4 Å². The zero-order valence-corrected chi connectivity index (χ0v) is 15.9. The Morgan fingerprint density at radius 3 is 2.83 bits per heavy atom. The van der Waals surface area contributed by atoms with Crippen molar-refractivity contribution in [3.05, 3.63) is 78.6 Å². The van der Waals surface area contributed by atoms with E-state index >= 15 is 0 Å². The van der Waals surface area contributed by atoms with E-state index in [0.29, 0.717) is 28.0 Å². The lowest BCUT2D eigenvalue weighted by molar-refractivity contribution is -0.134.